The molecule has 12 nitrogen and oxygen atoms in total. The van der Waals surface area contributed by atoms with Gasteiger partial charge in [-0.25, -0.2) is 26.8 Å². The first-order valence-electron chi connectivity index (χ1n) is 12.1. The van der Waals surface area contributed by atoms with Gasteiger partial charge in [0.05, 0.1) is 23.4 Å². The number of carbonyl (C=O) groups is 2. The van der Waals surface area contributed by atoms with Gasteiger partial charge in [0.15, 0.2) is 0 Å². The maximum Gasteiger partial charge on any atom is 0.326 e. The van der Waals surface area contributed by atoms with Gasteiger partial charge >= 0.3 is 5.97 Å². The minimum atomic E-state index is -4.24. The standard InChI is InChI=1S/C24H29ClN4O8S3/c1-13(12-38)23(30)29-11-16(8-19(29)24(31)32)37-15-5-3-14(4-6-15)7-22-27-18-9-17(25)20(39(26,33)34)10-21(18)40(35,36)28(22)2/h3-6,9-10,13,16,19,22,27,38H,7-8,11-12H2,1-2H3,(H,31,32)(H2,26,33,34)/t13-,16?,19+,22?/m1/s1. The lowest BCUT2D eigenvalue weighted by Gasteiger charge is -2.35. The highest BCUT2D eigenvalue weighted by Gasteiger charge is 2.42. The zero-order chi connectivity index (χ0) is 29.6. The summed E-state index contributed by atoms with van der Waals surface area (Å²) in [5, 5.41) is 17.6. The van der Waals surface area contributed by atoms with Crippen LogP contribution in [0.1, 0.15) is 18.9 Å². The second-order valence-corrected chi connectivity index (χ2v) is 14.0. The normalized spacial score (nSPS) is 23.2. The number of halogens is 1. The van der Waals surface area contributed by atoms with E-state index in [4.69, 9.17) is 21.5 Å². The number of hydrogen-bond acceptors (Lipinski definition) is 9. The summed E-state index contributed by atoms with van der Waals surface area (Å²) in [5.74, 6) is -1.02. The largest absolute Gasteiger partial charge is 0.488 e. The number of anilines is 1. The Morgan fingerprint density at radius 1 is 1.27 bits per heavy atom. The molecule has 0 spiro atoms. The van der Waals surface area contributed by atoms with Gasteiger partial charge in [-0.15, -0.1) is 0 Å². The van der Waals surface area contributed by atoms with Gasteiger partial charge in [0.1, 0.15) is 27.7 Å². The van der Waals surface area contributed by atoms with Crippen molar-refractivity contribution in [2.45, 2.75) is 47.9 Å². The number of likely N-dealkylation sites (N-methyl/N-ethyl adjacent to an activating group) is 1. The number of likely N-dealkylation sites (tertiary alicyclic amines) is 1. The number of carboxylic acids is 1. The Balaban J connectivity index is 1.47. The summed E-state index contributed by atoms with van der Waals surface area (Å²) >= 11 is 10.2. The molecule has 40 heavy (non-hydrogen) atoms. The minimum Gasteiger partial charge on any atom is -0.488 e. The molecular formula is C24H29ClN4O8S3. The Bertz CT molecular complexity index is 1540. The predicted octanol–water partition coefficient (Wildman–Crippen LogP) is 1.60. The number of thiol groups is 1. The van der Waals surface area contributed by atoms with E-state index in [2.05, 4.69) is 17.9 Å². The Morgan fingerprint density at radius 3 is 2.50 bits per heavy atom. The molecule has 4 N–H and O–H groups in total. The molecule has 2 aromatic rings. The average molecular weight is 633 g/mol. The van der Waals surface area contributed by atoms with Gasteiger partial charge < -0.3 is 20.1 Å². The highest BCUT2D eigenvalue weighted by Crippen LogP contribution is 2.37. The lowest BCUT2D eigenvalue weighted by atomic mass is 10.1. The van der Waals surface area contributed by atoms with Gasteiger partial charge in [-0.1, -0.05) is 30.7 Å². The van der Waals surface area contributed by atoms with Crippen LogP contribution in [-0.2, 0) is 36.1 Å². The number of sulfonamides is 2. The summed E-state index contributed by atoms with van der Waals surface area (Å²) in [5.41, 5.74) is 0.915. The molecule has 0 saturated carbocycles. The van der Waals surface area contributed by atoms with Gasteiger partial charge in [-0.05, 0) is 29.8 Å². The number of aliphatic carboxylic acids is 1. The first-order chi connectivity index (χ1) is 18.6. The van der Waals surface area contributed by atoms with Gasteiger partial charge in [-0.3, -0.25) is 4.79 Å². The molecule has 2 aliphatic heterocycles. The second kappa shape index (κ2) is 11.4. The van der Waals surface area contributed by atoms with E-state index < -0.39 is 55.1 Å². The van der Waals surface area contributed by atoms with Crippen LogP contribution in [0.3, 0.4) is 0 Å². The van der Waals surface area contributed by atoms with Crippen molar-refractivity contribution in [1.82, 2.24) is 9.21 Å². The number of hydrogen-bond donors (Lipinski definition) is 4. The third kappa shape index (κ3) is 6.04. The fourth-order valence-corrected chi connectivity index (χ4v) is 7.46. The van der Waals surface area contributed by atoms with E-state index in [0.717, 1.165) is 15.9 Å². The monoisotopic (exact) mass is 632 g/mol. The van der Waals surface area contributed by atoms with E-state index in [1.54, 1.807) is 31.2 Å². The van der Waals surface area contributed by atoms with Crippen LogP contribution in [0.15, 0.2) is 46.2 Å². The molecule has 16 heteroatoms. The number of carboxylic acid groups (broad SMARTS) is 1. The maximum absolute atomic E-state index is 13.2. The third-order valence-electron chi connectivity index (χ3n) is 6.94. The van der Waals surface area contributed by atoms with Crippen molar-refractivity contribution in [2.75, 3.05) is 24.7 Å². The SMILES string of the molecule is C[C@H](CS)C(=O)N1CC(Oc2ccc(CC3Nc4cc(Cl)c(S(N)(=O)=O)cc4S(=O)(=O)N3C)cc2)C[C@H]1C(=O)O. The van der Waals surface area contributed by atoms with Crippen LogP contribution < -0.4 is 15.2 Å². The summed E-state index contributed by atoms with van der Waals surface area (Å²) in [6, 6.07) is 8.06. The molecule has 0 radical (unpaired) electrons. The lowest BCUT2D eigenvalue weighted by Crippen LogP contribution is -2.47. The van der Waals surface area contributed by atoms with Crippen LogP contribution >= 0.6 is 24.2 Å². The molecule has 2 heterocycles. The van der Waals surface area contributed by atoms with Gasteiger partial charge in [0.25, 0.3) is 0 Å². The molecular weight excluding hydrogens is 604 g/mol. The summed E-state index contributed by atoms with van der Waals surface area (Å²) in [7, 11) is -6.93. The van der Waals surface area contributed by atoms with E-state index in [-0.39, 0.29) is 40.9 Å². The molecule has 0 bridgehead atoms. The third-order valence-corrected chi connectivity index (χ3v) is 10.8. The van der Waals surface area contributed by atoms with E-state index in [1.807, 2.05) is 0 Å². The van der Waals surface area contributed by atoms with Gasteiger partial charge in [-0.2, -0.15) is 16.9 Å². The number of nitrogens with one attached hydrogen (secondary N) is 1. The van der Waals surface area contributed by atoms with Crippen LogP contribution in [0.5, 0.6) is 5.75 Å². The van der Waals surface area contributed by atoms with Crippen molar-refractivity contribution in [3.05, 3.63) is 47.0 Å². The summed E-state index contributed by atoms with van der Waals surface area (Å²) in [6.07, 6.45) is -0.826. The molecule has 4 atom stereocenters. The highest BCUT2D eigenvalue weighted by atomic mass is 35.5. The zero-order valence-corrected chi connectivity index (χ0v) is 24.8. The molecule has 2 aromatic carbocycles. The first kappa shape index (κ1) is 30.4. The maximum atomic E-state index is 13.2. The lowest BCUT2D eigenvalue weighted by molar-refractivity contribution is -0.149. The number of nitrogens with zero attached hydrogens (tertiary/aromatic N) is 2. The summed E-state index contributed by atoms with van der Waals surface area (Å²) < 4.78 is 57.0. The molecule has 0 aliphatic carbocycles. The number of nitrogens with two attached hydrogens (primary N) is 1. The van der Waals surface area contributed by atoms with Crippen LogP contribution in [0.4, 0.5) is 5.69 Å². The van der Waals surface area contributed by atoms with Crippen molar-refractivity contribution >= 4 is 61.8 Å². The number of amides is 1. The van der Waals surface area contributed by atoms with Crippen molar-refractivity contribution in [3.8, 4) is 5.75 Å². The number of ether oxygens (including phenoxy) is 1. The van der Waals surface area contributed by atoms with Crippen molar-refractivity contribution in [3.63, 3.8) is 0 Å². The number of fused-ring (bicyclic) bond motifs is 1. The number of carbonyl (C=O) groups excluding carboxylic acids is 1. The fraction of sp³-hybridized carbons (Fsp3) is 0.417. The minimum absolute atomic E-state index is 0.138. The number of primary sulfonamides is 1. The van der Waals surface area contributed by atoms with E-state index in [9.17, 15) is 31.5 Å². The number of rotatable bonds is 8. The first-order valence-corrected chi connectivity index (χ1v) is 16.1. The molecule has 218 valence electrons. The van der Waals surface area contributed by atoms with Gasteiger partial charge in [0.2, 0.25) is 26.0 Å². The van der Waals surface area contributed by atoms with Crippen LogP contribution in [-0.4, -0.2) is 80.7 Å². The number of benzene rings is 2. The predicted molar refractivity (Wildman–Crippen MR) is 151 cm³/mol. The smallest absolute Gasteiger partial charge is 0.326 e. The van der Waals surface area contributed by atoms with E-state index in [0.29, 0.717) is 11.5 Å². The second-order valence-electron chi connectivity index (χ2n) is 9.76. The Labute approximate surface area is 242 Å². The van der Waals surface area contributed by atoms with E-state index in [1.165, 1.54) is 18.0 Å². The zero-order valence-electron chi connectivity index (χ0n) is 21.5. The Hall–Kier alpha value is -2.56. The molecule has 2 aliphatic rings. The Morgan fingerprint density at radius 2 is 1.93 bits per heavy atom. The fourth-order valence-electron chi connectivity index (χ4n) is 4.69. The topological polar surface area (TPSA) is 176 Å². The molecule has 1 amide bonds. The van der Waals surface area contributed by atoms with Crippen molar-refractivity contribution in [1.29, 1.82) is 0 Å². The van der Waals surface area contributed by atoms with Gasteiger partial charge in [0, 0.05) is 31.6 Å². The average Bonchev–Trinajstić information content (AvgIpc) is 3.30. The highest BCUT2D eigenvalue weighted by molar-refractivity contribution is 7.90. The van der Waals surface area contributed by atoms with Crippen molar-refractivity contribution < 1.29 is 36.3 Å². The van der Waals surface area contributed by atoms with Crippen molar-refractivity contribution in [2.24, 2.45) is 11.1 Å². The summed E-state index contributed by atoms with van der Waals surface area (Å²) in [6.45, 7) is 1.83. The Kier molecular flexibility index (Phi) is 8.64. The molecule has 1 fully saturated rings. The van der Waals surface area contributed by atoms with Crippen LogP contribution in [0.25, 0.3) is 0 Å². The molecule has 1 saturated heterocycles. The summed E-state index contributed by atoms with van der Waals surface area (Å²) in [4.78, 5) is 24.9. The molecule has 4 rings (SSSR count). The quantitative estimate of drug-likeness (QED) is 0.315. The molecule has 0 aromatic heterocycles. The van der Waals surface area contributed by atoms with Crippen LogP contribution in [0, 0.1) is 5.92 Å². The van der Waals surface area contributed by atoms with E-state index >= 15 is 0 Å². The molecule has 2 unspecified atom stereocenters. The van der Waals surface area contributed by atoms with Crippen LogP contribution in [0.2, 0.25) is 5.02 Å².